The Kier molecular flexibility index (Phi) is 5.21. The first-order chi connectivity index (χ1) is 14.7. The topological polar surface area (TPSA) is 132 Å². The zero-order valence-corrected chi connectivity index (χ0v) is 17.4. The summed E-state index contributed by atoms with van der Waals surface area (Å²) in [7, 11) is -3.18. The van der Waals surface area contributed by atoms with Crippen molar-refractivity contribution in [3.63, 3.8) is 0 Å². The zero-order chi connectivity index (χ0) is 22.3. The van der Waals surface area contributed by atoms with Crippen molar-refractivity contribution in [3.8, 4) is 23.0 Å². The Balaban J connectivity index is 0.000000438. The minimum absolute atomic E-state index is 0. The highest BCUT2D eigenvalue weighted by Gasteiger charge is 2.21. The molecule has 0 radical (unpaired) electrons. The van der Waals surface area contributed by atoms with Crippen LogP contribution in [0.15, 0.2) is 42.6 Å². The summed E-state index contributed by atoms with van der Waals surface area (Å²) in [6.07, 6.45) is 1.94. The molecule has 1 aliphatic heterocycles. The van der Waals surface area contributed by atoms with Gasteiger partial charge in [0.2, 0.25) is 12.3 Å². The molecule has 0 fully saturated rings. The number of hydrogen-bond donors (Lipinski definition) is 1. The first kappa shape index (κ1) is 20.9. The number of ether oxygens (including phenoxy) is 3. The molecule has 0 spiro atoms. The van der Waals surface area contributed by atoms with Crippen molar-refractivity contribution in [2.24, 2.45) is 7.05 Å². The normalized spacial score (nSPS) is 12.8. The van der Waals surface area contributed by atoms with Crippen LogP contribution in [0.4, 0.5) is 0 Å². The highest BCUT2D eigenvalue weighted by Crippen LogP contribution is 2.41. The van der Waals surface area contributed by atoms with Crippen molar-refractivity contribution in [1.82, 2.24) is 0 Å². The van der Waals surface area contributed by atoms with Gasteiger partial charge in [0, 0.05) is 15.8 Å². The average Bonchev–Trinajstić information content (AvgIpc) is 3.14. The van der Waals surface area contributed by atoms with Gasteiger partial charge in [-0.3, -0.25) is 8.42 Å². The Labute approximate surface area is 179 Å². The summed E-state index contributed by atoms with van der Waals surface area (Å²) in [5, 5.41) is 15.6. The van der Waals surface area contributed by atoms with E-state index in [2.05, 4.69) is 12.1 Å². The second kappa shape index (κ2) is 7.73. The van der Waals surface area contributed by atoms with Gasteiger partial charge in [-0.05, 0) is 42.6 Å². The van der Waals surface area contributed by atoms with Crippen LogP contribution in [0, 0.1) is 0 Å². The van der Waals surface area contributed by atoms with Crippen molar-refractivity contribution in [3.05, 3.63) is 42.6 Å². The summed E-state index contributed by atoms with van der Waals surface area (Å²) in [6.45, 7) is 2.67. The maximum Gasteiger partial charge on any atom is 1.00 e. The van der Waals surface area contributed by atoms with Crippen molar-refractivity contribution < 1.29 is 42.8 Å². The zero-order valence-electron chi connectivity index (χ0n) is 17.6. The number of benzene rings is 3. The molecule has 5 rings (SSSR count). The number of fused-ring (bicyclic) bond motifs is 6. The molecule has 1 N–H and O–H groups in total. The minimum atomic E-state index is -5.17. The van der Waals surface area contributed by atoms with E-state index in [0.29, 0.717) is 12.4 Å². The molecule has 1 aliphatic rings. The van der Waals surface area contributed by atoms with E-state index in [-0.39, 0.29) is 14.0 Å². The van der Waals surface area contributed by atoms with Crippen molar-refractivity contribution >= 4 is 42.8 Å². The molecule has 9 nitrogen and oxygen atoms in total. The van der Waals surface area contributed by atoms with Crippen LogP contribution in [-0.4, -0.2) is 36.0 Å². The molecule has 31 heavy (non-hydrogen) atoms. The molecule has 4 aromatic rings. The largest absolute Gasteiger partial charge is 1.00 e. The molecule has 0 atom stereocenters. The Morgan fingerprint density at radius 2 is 1.71 bits per heavy atom. The van der Waals surface area contributed by atoms with Gasteiger partial charge in [-0.2, -0.15) is 4.57 Å². The predicted octanol–water partition coefficient (Wildman–Crippen LogP) is 2.58. The quantitative estimate of drug-likeness (QED) is 0.215. The molecule has 10 heteroatoms. The molecule has 0 unspecified atom stereocenters. The molecular formula is C21H19NO8S. The summed E-state index contributed by atoms with van der Waals surface area (Å²) >= 11 is 0. The molecule has 1 aromatic heterocycles. The van der Waals surface area contributed by atoms with Gasteiger partial charge in [-0.1, -0.05) is 6.07 Å². The second-order valence-corrected chi connectivity index (χ2v) is 7.66. The lowest BCUT2D eigenvalue weighted by atomic mass is 10.00. The van der Waals surface area contributed by atoms with Gasteiger partial charge in [0.15, 0.2) is 29.2 Å². The van der Waals surface area contributed by atoms with E-state index in [0.717, 1.165) is 43.9 Å². The monoisotopic (exact) mass is 445 g/mol. The van der Waals surface area contributed by atoms with Crippen LogP contribution >= 0.6 is 0 Å². The van der Waals surface area contributed by atoms with Gasteiger partial charge in [0.1, 0.15) is 7.05 Å². The Morgan fingerprint density at radius 3 is 2.39 bits per heavy atom. The van der Waals surface area contributed by atoms with Crippen LogP contribution in [-0.2, 0) is 17.4 Å². The van der Waals surface area contributed by atoms with E-state index in [4.69, 9.17) is 31.7 Å². The Bertz CT molecular complexity index is 1430. The lowest BCUT2D eigenvalue weighted by Gasteiger charge is -2.10. The molecule has 0 amide bonds. The van der Waals surface area contributed by atoms with E-state index in [1.54, 1.807) is 0 Å². The predicted molar refractivity (Wildman–Crippen MR) is 111 cm³/mol. The van der Waals surface area contributed by atoms with Gasteiger partial charge in [0.05, 0.1) is 22.8 Å². The minimum Gasteiger partial charge on any atom is -0.759 e. The molecular weight excluding hydrogens is 426 g/mol. The van der Waals surface area contributed by atoms with Gasteiger partial charge < -0.3 is 28.4 Å². The number of phenolic OH excluding ortho intramolecular Hbond substituents is 1. The summed E-state index contributed by atoms with van der Waals surface area (Å²) in [4.78, 5) is 0. The van der Waals surface area contributed by atoms with Crippen LogP contribution < -0.4 is 18.8 Å². The van der Waals surface area contributed by atoms with Gasteiger partial charge >= 0.3 is 1.43 Å². The highest BCUT2D eigenvalue weighted by molar-refractivity contribution is 7.79. The second-order valence-electron chi connectivity index (χ2n) is 6.84. The number of rotatable bonds is 2. The third-order valence-corrected chi connectivity index (χ3v) is 4.93. The van der Waals surface area contributed by atoms with E-state index in [1.807, 2.05) is 49.0 Å². The number of pyridine rings is 1. The molecule has 162 valence electrons. The number of aromatic hydroxyl groups is 1. The number of phenols is 1. The third-order valence-electron chi connectivity index (χ3n) is 4.93. The van der Waals surface area contributed by atoms with Crippen LogP contribution in [0.25, 0.3) is 32.4 Å². The number of aromatic nitrogens is 1. The van der Waals surface area contributed by atoms with E-state index < -0.39 is 10.4 Å². The highest BCUT2D eigenvalue weighted by atomic mass is 32.3. The smallest absolute Gasteiger partial charge is 0.759 e. The molecule has 0 saturated carbocycles. The van der Waals surface area contributed by atoms with Gasteiger partial charge in [-0.15, -0.1) is 0 Å². The first-order valence-electron chi connectivity index (χ1n) is 9.27. The lowest BCUT2D eigenvalue weighted by Crippen LogP contribution is -2.28. The van der Waals surface area contributed by atoms with Crippen molar-refractivity contribution in [2.75, 3.05) is 13.4 Å². The molecule has 2 heterocycles. The van der Waals surface area contributed by atoms with Crippen LogP contribution in [0.1, 0.15) is 8.35 Å². The first-order valence-corrected chi connectivity index (χ1v) is 10.6. The average molecular weight is 445 g/mol. The van der Waals surface area contributed by atoms with Gasteiger partial charge in [-0.25, -0.2) is 0 Å². The van der Waals surface area contributed by atoms with Crippen molar-refractivity contribution in [2.45, 2.75) is 6.92 Å². The number of aryl methyl sites for hydroxylation is 1. The molecule has 0 bridgehead atoms. The summed E-state index contributed by atoms with van der Waals surface area (Å²) in [6, 6.07) is 12.0. The SMILES string of the molecule is CCOc1ccc2c(c[n+](C)c3c4cc5c(cc4ccc23)OCO5)c1O.O=S(=O)([O-])[O-].[H+]. The third kappa shape index (κ3) is 4.00. The Hall–Kier alpha value is -3.34. The maximum absolute atomic E-state index is 10.6. The standard InChI is InChI=1S/C21H17NO4.H2O4S/c1-3-24-17-7-6-13-14-5-4-12-8-18-19(26-11-25-18)9-15(12)20(14)22(2)10-16(13)21(17)23;1-5(2,3)4/h4-10H,3,11H2,1-2H3;(H2,1,2,3,4). The van der Waals surface area contributed by atoms with Crippen molar-refractivity contribution in [1.29, 1.82) is 0 Å². The van der Waals surface area contributed by atoms with Crippen LogP contribution in [0.3, 0.4) is 0 Å². The molecule has 0 saturated heterocycles. The number of nitrogens with zero attached hydrogens (tertiary/aromatic N) is 1. The van der Waals surface area contributed by atoms with E-state index in [1.165, 1.54) is 0 Å². The van der Waals surface area contributed by atoms with E-state index in [9.17, 15) is 5.11 Å². The fraction of sp³-hybridized carbons (Fsp3) is 0.190. The molecule has 3 aromatic carbocycles. The fourth-order valence-corrected chi connectivity index (χ4v) is 3.78. The summed E-state index contributed by atoms with van der Waals surface area (Å²) < 4.78 is 52.7. The van der Waals surface area contributed by atoms with E-state index >= 15 is 0 Å². The summed E-state index contributed by atoms with van der Waals surface area (Å²) in [5.74, 6) is 2.22. The Morgan fingerprint density at radius 1 is 1.06 bits per heavy atom. The molecule has 0 aliphatic carbocycles. The fourth-order valence-electron chi connectivity index (χ4n) is 3.78. The van der Waals surface area contributed by atoms with Crippen LogP contribution in [0.2, 0.25) is 0 Å². The van der Waals surface area contributed by atoms with Gasteiger partial charge in [0.25, 0.3) is 0 Å². The lowest BCUT2D eigenvalue weighted by molar-refractivity contribution is -0.642. The number of hydrogen-bond acceptors (Lipinski definition) is 8. The maximum atomic E-state index is 10.6. The summed E-state index contributed by atoms with van der Waals surface area (Å²) in [5.41, 5.74) is 1.08. The van der Waals surface area contributed by atoms with Crippen LogP contribution in [0.5, 0.6) is 23.0 Å².